The number of nitrogen functional groups attached to an aromatic ring is 1. The van der Waals surface area contributed by atoms with Crippen LogP contribution in [0.3, 0.4) is 0 Å². The fraction of sp³-hybridized carbons (Fsp3) is 0.538. The quantitative estimate of drug-likeness (QED) is 0.855. The van der Waals surface area contributed by atoms with Crippen molar-refractivity contribution in [1.82, 2.24) is 9.21 Å². The van der Waals surface area contributed by atoms with Gasteiger partial charge in [-0.05, 0) is 44.1 Å². The number of anilines is 1. The fourth-order valence-corrected chi connectivity index (χ4v) is 4.00. The Bertz CT molecular complexity index is 591. The van der Waals surface area contributed by atoms with E-state index >= 15 is 0 Å². The topological polar surface area (TPSA) is 66.6 Å². The van der Waals surface area contributed by atoms with Gasteiger partial charge in [-0.2, -0.15) is 0 Å². The summed E-state index contributed by atoms with van der Waals surface area (Å²) in [6.07, 6.45) is 1.03. The standard InChI is InChI=1S/C13H20ClN3O2S/c1-16-6-5-10(8-16)9-17(2)20(18,19)11-3-4-13(15)12(14)7-11/h3-4,7,10H,5-6,8-9,15H2,1-2H3. The second kappa shape index (κ2) is 5.89. The predicted molar refractivity (Wildman–Crippen MR) is 81.3 cm³/mol. The molecule has 5 nitrogen and oxygen atoms in total. The molecule has 1 saturated heterocycles. The van der Waals surface area contributed by atoms with Gasteiger partial charge in [0.15, 0.2) is 0 Å². The number of nitrogens with two attached hydrogens (primary N) is 1. The highest BCUT2D eigenvalue weighted by Crippen LogP contribution is 2.25. The van der Waals surface area contributed by atoms with Gasteiger partial charge in [0.05, 0.1) is 15.6 Å². The summed E-state index contributed by atoms with van der Waals surface area (Å²) in [5.41, 5.74) is 5.99. The molecule has 0 spiro atoms. The Labute approximate surface area is 125 Å². The van der Waals surface area contributed by atoms with E-state index in [1.807, 2.05) is 7.05 Å². The van der Waals surface area contributed by atoms with E-state index in [9.17, 15) is 8.42 Å². The lowest BCUT2D eigenvalue weighted by Crippen LogP contribution is -2.32. The van der Waals surface area contributed by atoms with Gasteiger partial charge in [0.1, 0.15) is 0 Å². The van der Waals surface area contributed by atoms with Crippen molar-refractivity contribution < 1.29 is 8.42 Å². The average molecular weight is 318 g/mol. The normalized spacial score (nSPS) is 20.7. The smallest absolute Gasteiger partial charge is 0.242 e. The summed E-state index contributed by atoms with van der Waals surface area (Å²) in [4.78, 5) is 2.40. The first-order chi connectivity index (χ1) is 9.30. The van der Waals surface area contributed by atoms with Crippen LogP contribution in [0, 0.1) is 5.92 Å². The molecule has 0 bridgehead atoms. The minimum Gasteiger partial charge on any atom is -0.398 e. The van der Waals surface area contributed by atoms with E-state index in [-0.39, 0.29) is 9.92 Å². The fourth-order valence-electron chi connectivity index (χ4n) is 2.49. The van der Waals surface area contributed by atoms with Crippen molar-refractivity contribution in [2.24, 2.45) is 5.92 Å². The Morgan fingerprint density at radius 2 is 2.20 bits per heavy atom. The Morgan fingerprint density at radius 1 is 1.50 bits per heavy atom. The Kier molecular flexibility index (Phi) is 4.59. The van der Waals surface area contributed by atoms with Crippen LogP contribution in [0.1, 0.15) is 6.42 Å². The van der Waals surface area contributed by atoms with E-state index in [0.717, 1.165) is 19.5 Å². The van der Waals surface area contributed by atoms with Crippen LogP contribution in [0.15, 0.2) is 23.1 Å². The molecule has 112 valence electrons. The number of hydrogen-bond acceptors (Lipinski definition) is 4. The van der Waals surface area contributed by atoms with Crippen LogP contribution in [0.25, 0.3) is 0 Å². The maximum absolute atomic E-state index is 12.5. The first-order valence-corrected chi connectivity index (χ1v) is 8.32. The average Bonchev–Trinajstić information content (AvgIpc) is 2.78. The molecule has 0 saturated carbocycles. The summed E-state index contributed by atoms with van der Waals surface area (Å²) in [6, 6.07) is 4.42. The summed E-state index contributed by atoms with van der Waals surface area (Å²) in [5.74, 6) is 0.379. The van der Waals surface area contributed by atoms with Crippen molar-refractivity contribution in [2.45, 2.75) is 11.3 Å². The Morgan fingerprint density at radius 3 is 2.75 bits per heavy atom. The maximum Gasteiger partial charge on any atom is 0.242 e. The monoisotopic (exact) mass is 317 g/mol. The number of benzene rings is 1. The van der Waals surface area contributed by atoms with Crippen LogP contribution in [-0.2, 0) is 10.0 Å². The second-order valence-corrected chi connectivity index (χ2v) is 7.84. The van der Waals surface area contributed by atoms with Crippen LogP contribution < -0.4 is 5.73 Å². The lowest BCUT2D eigenvalue weighted by molar-refractivity contribution is 0.357. The molecule has 1 aliphatic heterocycles. The first kappa shape index (κ1) is 15.6. The molecule has 1 heterocycles. The highest BCUT2D eigenvalue weighted by Gasteiger charge is 2.27. The van der Waals surface area contributed by atoms with E-state index in [1.54, 1.807) is 7.05 Å². The highest BCUT2D eigenvalue weighted by atomic mass is 35.5. The molecule has 1 fully saturated rings. The summed E-state index contributed by atoms with van der Waals surface area (Å²) in [6.45, 7) is 2.48. The minimum absolute atomic E-state index is 0.186. The van der Waals surface area contributed by atoms with E-state index in [4.69, 9.17) is 17.3 Å². The molecule has 1 aliphatic rings. The van der Waals surface area contributed by atoms with Crippen LogP contribution in [0.5, 0.6) is 0 Å². The van der Waals surface area contributed by atoms with Crippen LogP contribution in [0.2, 0.25) is 5.02 Å². The second-order valence-electron chi connectivity index (χ2n) is 5.39. The van der Waals surface area contributed by atoms with Crippen molar-refractivity contribution in [3.63, 3.8) is 0 Å². The van der Waals surface area contributed by atoms with Crippen molar-refractivity contribution in [2.75, 3.05) is 39.5 Å². The molecule has 0 radical (unpaired) electrons. The van der Waals surface area contributed by atoms with E-state index in [1.165, 1.54) is 22.5 Å². The van der Waals surface area contributed by atoms with Crippen molar-refractivity contribution in [3.8, 4) is 0 Å². The van der Waals surface area contributed by atoms with Crippen LogP contribution >= 0.6 is 11.6 Å². The molecule has 0 aliphatic carbocycles. The molecule has 2 N–H and O–H groups in total. The van der Waals surface area contributed by atoms with Gasteiger partial charge in [0, 0.05) is 20.1 Å². The summed E-state index contributed by atoms with van der Waals surface area (Å²) < 4.78 is 26.4. The minimum atomic E-state index is -3.51. The van der Waals surface area contributed by atoms with Gasteiger partial charge in [0.2, 0.25) is 10.0 Å². The molecule has 1 atom stereocenters. The molecule has 20 heavy (non-hydrogen) atoms. The Balaban J connectivity index is 2.14. The largest absolute Gasteiger partial charge is 0.398 e. The molecular formula is C13H20ClN3O2S. The van der Waals surface area contributed by atoms with Gasteiger partial charge in [0.25, 0.3) is 0 Å². The summed E-state index contributed by atoms with van der Waals surface area (Å²) in [7, 11) is 0.151. The van der Waals surface area contributed by atoms with Gasteiger partial charge in [-0.25, -0.2) is 12.7 Å². The van der Waals surface area contributed by atoms with E-state index < -0.39 is 10.0 Å². The van der Waals surface area contributed by atoms with Gasteiger partial charge in [-0.3, -0.25) is 0 Å². The summed E-state index contributed by atoms with van der Waals surface area (Å²) >= 11 is 5.90. The predicted octanol–water partition coefficient (Wildman–Crippen LogP) is 1.49. The number of rotatable bonds is 4. The van der Waals surface area contributed by atoms with Crippen molar-refractivity contribution >= 4 is 27.3 Å². The number of nitrogens with zero attached hydrogens (tertiary/aromatic N) is 2. The molecule has 2 rings (SSSR count). The lowest BCUT2D eigenvalue weighted by atomic mass is 10.1. The van der Waals surface area contributed by atoms with Crippen LogP contribution in [0.4, 0.5) is 5.69 Å². The summed E-state index contributed by atoms with van der Waals surface area (Å²) in [5, 5.41) is 0.264. The highest BCUT2D eigenvalue weighted by molar-refractivity contribution is 7.89. The molecule has 0 amide bonds. The maximum atomic E-state index is 12.5. The zero-order valence-corrected chi connectivity index (χ0v) is 13.3. The van der Waals surface area contributed by atoms with Crippen LogP contribution in [-0.4, -0.2) is 51.4 Å². The third-order valence-electron chi connectivity index (χ3n) is 3.68. The SMILES string of the molecule is CN1CCC(CN(C)S(=O)(=O)c2ccc(N)c(Cl)c2)C1. The number of sulfonamides is 1. The third-order valence-corrected chi connectivity index (χ3v) is 5.83. The Hall–Kier alpha value is -0.820. The number of likely N-dealkylation sites (tertiary alicyclic amines) is 1. The molecule has 1 unspecified atom stereocenters. The molecular weight excluding hydrogens is 298 g/mol. The van der Waals surface area contributed by atoms with Gasteiger partial charge in [-0.1, -0.05) is 11.6 Å². The zero-order chi connectivity index (χ0) is 14.9. The first-order valence-electron chi connectivity index (χ1n) is 6.50. The van der Waals surface area contributed by atoms with Gasteiger partial charge in [-0.15, -0.1) is 0 Å². The number of halogens is 1. The molecule has 7 heteroatoms. The van der Waals surface area contributed by atoms with Crippen molar-refractivity contribution in [1.29, 1.82) is 0 Å². The van der Waals surface area contributed by atoms with Gasteiger partial charge < -0.3 is 10.6 Å². The molecule has 1 aromatic rings. The van der Waals surface area contributed by atoms with E-state index in [0.29, 0.717) is 18.2 Å². The van der Waals surface area contributed by atoms with Gasteiger partial charge >= 0.3 is 0 Å². The lowest BCUT2D eigenvalue weighted by Gasteiger charge is -2.21. The van der Waals surface area contributed by atoms with E-state index in [2.05, 4.69) is 4.90 Å². The molecule has 0 aromatic heterocycles. The zero-order valence-electron chi connectivity index (χ0n) is 11.7. The molecule has 1 aromatic carbocycles. The van der Waals surface area contributed by atoms with Crippen molar-refractivity contribution in [3.05, 3.63) is 23.2 Å². The number of hydrogen-bond donors (Lipinski definition) is 1. The third kappa shape index (κ3) is 3.25.